The molecular formula is C10H18N2O3. The summed E-state index contributed by atoms with van der Waals surface area (Å²) in [5.74, 6) is -0.528. The highest BCUT2D eigenvalue weighted by atomic mass is 16.5. The zero-order valence-electron chi connectivity index (χ0n) is 9.04. The van der Waals surface area contributed by atoms with Crippen molar-refractivity contribution in [3.63, 3.8) is 0 Å². The summed E-state index contributed by atoms with van der Waals surface area (Å²) in [7, 11) is 1.30. The van der Waals surface area contributed by atoms with E-state index in [1.54, 1.807) is 0 Å². The third kappa shape index (κ3) is 4.29. The fourth-order valence-corrected chi connectivity index (χ4v) is 1.61. The molecule has 2 N–H and O–H groups in total. The Bertz CT molecular complexity index is 223. The molecule has 1 atom stereocenters. The van der Waals surface area contributed by atoms with Crippen LogP contribution in [0.25, 0.3) is 0 Å². The summed E-state index contributed by atoms with van der Waals surface area (Å²) < 4.78 is 4.44. The van der Waals surface area contributed by atoms with Crippen LogP contribution in [-0.2, 0) is 14.3 Å². The summed E-state index contributed by atoms with van der Waals surface area (Å²) in [5.41, 5.74) is 0. The van der Waals surface area contributed by atoms with Crippen LogP contribution >= 0.6 is 0 Å². The highest BCUT2D eigenvalue weighted by Gasteiger charge is 2.19. The Balaban J connectivity index is 2.28. The minimum absolute atomic E-state index is 0.0481. The molecule has 0 radical (unpaired) electrons. The second-order valence-electron chi connectivity index (χ2n) is 3.65. The normalized spacial score (nSPS) is 21.5. The second-order valence-corrected chi connectivity index (χ2v) is 3.65. The lowest BCUT2D eigenvalue weighted by molar-refractivity contribution is -0.141. The van der Waals surface area contributed by atoms with Gasteiger partial charge in [0.1, 0.15) is 6.54 Å². The van der Waals surface area contributed by atoms with Gasteiger partial charge in [0.15, 0.2) is 0 Å². The number of ether oxygens (including phenoxy) is 1. The van der Waals surface area contributed by atoms with Crippen LogP contribution in [-0.4, -0.2) is 38.1 Å². The molecule has 5 nitrogen and oxygen atoms in total. The van der Waals surface area contributed by atoms with Gasteiger partial charge in [-0.15, -0.1) is 0 Å². The van der Waals surface area contributed by atoms with Crippen LogP contribution in [0.5, 0.6) is 0 Å². The SMILES string of the molecule is COC(=O)CNC(=O)[C@@H]1CCCCCN1. The minimum atomic E-state index is -0.419. The molecule has 0 unspecified atom stereocenters. The van der Waals surface area contributed by atoms with Crippen molar-refractivity contribution in [3.05, 3.63) is 0 Å². The fraction of sp³-hybridized carbons (Fsp3) is 0.800. The standard InChI is InChI=1S/C10H18N2O3/c1-15-9(13)7-12-10(14)8-5-3-2-4-6-11-8/h8,11H,2-7H2,1H3,(H,12,14)/t8-/m0/s1. The molecule has 0 saturated carbocycles. The van der Waals surface area contributed by atoms with Gasteiger partial charge < -0.3 is 15.4 Å². The van der Waals surface area contributed by atoms with Gasteiger partial charge in [0.2, 0.25) is 5.91 Å². The van der Waals surface area contributed by atoms with Crippen LogP contribution in [0.2, 0.25) is 0 Å². The molecule has 1 rings (SSSR count). The first-order valence-electron chi connectivity index (χ1n) is 5.32. The molecule has 1 aliphatic rings. The third-order valence-electron chi connectivity index (χ3n) is 2.51. The maximum Gasteiger partial charge on any atom is 0.325 e. The van der Waals surface area contributed by atoms with Gasteiger partial charge in [0.05, 0.1) is 13.2 Å². The van der Waals surface area contributed by atoms with E-state index in [0.717, 1.165) is 32.2 Å². The second kappa shape index (κ2) is 6.40. The van der Waals surface area contributed by atoms with Gasteiger partial charge in [-0.2, -0.15) is 0 Å². The molecule has 0 aliphatic carbocycles. The Labute approximate surface area is 89.6 Å². The summed E-state index contributed by atoms with van der Waals surface area (Å²) in [5, 5.41) is 5.71. The van der Waals surface area contributed by atoms with E-state index in [1.165, 1.54) is 7.11 Å². The molecule has 1 fully saturated rings. The lowest BCUT2D eigenvalue weighted by Crippen LogP contribution is -2.45. The van der Waals surface area contributed by atoms with Gasteiger partial charge >= 0.3 is 5.97 Å². The molecule has 1 aliphatic heterocycles. The van der Waals surface area contributed by atoms with Crippen molar-refractivity contribution in [2.45, 2.75) is 31.7 Å². The molecule has 1 saturated heterocycles. The number of amides is 1. The maximum absolute atomic E-state index is 11.6. The highest BCUT2D eigenvalue weighted by Crippen LogP contribution is 2.08. The Kier molecular flexibility index (Phi) is 5.10. The van der Waals surface area contributed by atoms with Gasteiger partial charge in [-0.25, -0.2) is 0 Å². The van der Waals surface area contributed by atoms with Crippen LogP contribution in [0.15, 0.2) is 0 Å². The molecule has 1 amide bonds. The number of hydrogen-bond acceptors (Lipinski definition) is 4. The van der Waals surface area contributed by atoms with Crippen molar-refractivity contribution in [2.75, 3.05) is 20.2 Å². The Hall–Kier alpha value is -1.10. The lowest BCUT2D eigenvalue weighted by Gasteiger charge is -2.14. The molecule has 5 heteroatoms. The highest BCUT2D eigenvalue weighted by molar-refractivity contribution is 5.85. The smallest absolute Gasteiger partial charge is 0.325 e. The average Bonchev–Trinajstić information content (AvgIpc) is 2.53. The van der Waals surface area contributed by atoms with E-state index in [2.05, 4.69) is 15.4 Å². The average molecular weight is 214 g/mol. The van der Waals surface area contributed by atoms with E-state index >= 15 is 0 Å². The van der Waals surface area contributed by atoms with Gasteiger partial charge in [0.25, 0.3) is 0 Å². The summed E-state index contributed by atoms with van der Waals surface area (Å²) in [6, 6.07) is -0.155. The fourth-order valence-electron chi connectivity index (χ4n) is 1.61. The summed E-state index contributed by atoms with van der Waals surface area (Å²) >= 11 is 0. The van der Waals surface area contributed by atoms with Crippen molar-refractivity contribution >= 4 is 11.9 Å². The van der Waals surface area contributed by atoms with Gasteiger partial charge in [-0.3, -0.25) is 9.59 Å². The monoisotopic (exact) mass is 214 g/mol. The number of methoxy groups -OCH3 is 1. The Morgan fingerprint density at radius 2 is 2.20 bits per heavy atom. The lowest BCUT2D eigenvalue weighted by atomic mass is 10.1. The predicted octanol–water partition coefficient (Wildman–Crippen LogP) is -0.192. The molecule has 0 aromatic carbocycles. The summed E-state index contributed by atoms with van der Waals surface area (Å²) in [4.78, 5) is 22.4. The van der Waals surface area contributed by atoms with Crippen molar-refractivity contribution < 1.29 is 14.3 Å². The molecule has 86 valence electrons. The van der Waals surface area contributed by atoms with Crippen molar-refractivity contribution in [1.29, 1.82) is 0 Å². The van der Waals surface area contributed by atoms with Crippen molar-refractivity contribution in [1.82, 2.24) is 10.6 Å². The van der Waals surface area contributed by atoms with E-state index in [0.29, 0.717) is 0 Å². The van der Waals surface area contributed by atoms with Crippen LogP contribution < -0.4 is 10.6 Å². The number of carbonyl (C=O) groups is 2. The van der Waals surface area contributed by atoms with E-state index in [1.807, 2.05) is 0 Å². The third-order valence-corrected chi connectivity index (χ3v) is 2.51. The molecule has 0 spiro atoms. The maximum atomic E-state index is 11.6. The minimum Gasteiger partial charge on any atom is -0.468 e. The van der Waals surface area contributed by atoms with Crippen LogP contribution in [0, 0.1) is 0 Å². The van der Waals surface area contributed by atoms with E-state index < -0.39 is 5.97 Å². The molecule has 0 aromatic rings. The Morgan fingerprint density at radius 1 is 1.40 bits per heavy atom. The number of esters is 1. The first kappa shape index (κ1) is 12.0. The number of nitrogens with one attached hydrogen (secondary N) is 2. The van der Waals surface area contributed by atoms with Crippen LogP contribution in [0.4, 0.5) is 0 Å². The van der Waals surface area contributed by atoms with E-state index in [9.17, 15) is 9.59 Å². The molecule has 0 bridgehead atoms. The number of hydrogen-bond donors (Lipinski definition) is 2. The Morgan fingerprint density at radius 3 is 2.93 bits per heavy atom. The van der Waals surface area contributed by atoms with Gasteiger partial charge in [0, 0.05) is 0 Å². The van der Waals surface area contributed by atoms with Crippen LogP contribution in [0.3, 0.4) is 0 Å². The van der Waals surface area contributed by atoms with Gasteiger partial charge in [-0.05, 0) is 19.4 Å². The van der Waals surface area contributed by atoms with Gasteiger partial charge in [-0.1, -0.05) is 12.8 Å². The summed E-state index contributed by atoms with van der Waals surface area (Å²) in [6.45, 7) is 0.823. The van der Waals surface area contributed by atoms with Crippen molar-refractivity contribution in [2.24, 2.45) is 0 Å². The first-order valence-corrected chi connectivity index (χ1v) is 5.32. The molecular weight excluding hydrogens is 196 g/mol. The van der Waals surface area contributed by atoms with Crippen molar-refractivity contribution in [3.8, 4) is 0 Å². The largest absolute Gasteiger partial charge is 0.468 e. The van der Waals surface area contributed by atoms with Crippen LogP contribution in [0.1, 0.15) is 25.7 Å². The van der Waals surface area contributed by atoms with E-state index in [4.69, 9.17) is 0 Å². The zero-order valence-corrected chi connectivity index (χ0v) is 9.04. The summed E-state index contributed by atoms with van der Waals surface area (Å²) in [6.07, 6.45) is 4.17. The molecule has 0 aromatic heterocycles. The van der Waals surface area contributed by atoms with E-state index in [-0.39, 0.29) is 18.5 Å². The number of rotatable bonds is 3. The topological polar surface area (TPSA) is 67.4 Å². The first-order chi connectivity index (χ1) is 7.24. The number of carbonyl (C=O) groups excluding carboxylic acids is 2. The molecule has 1 heterocycles. The predicted molar refractivity (Wildman–Crippen MR) is 55.3 cm³/mol. The zero-order chi connectivity index (χ0) is 11.1. The quantitative estimate of drug-likeness (QED) is 0.639. The molecule has 15 heavy (non-hydrogen) atoms.